The van der Waals surface area contributed by atoms with Crippen LogP contribution in [0.3, 0.4) is 0 Å². The highest BCUT2D eigenvalue weighted by atomic mass is 79.9. The third-order valence-electron chi connectivity index (χ3n) is 1.61. The lowest BCUT2D eigenvalue weighted by Gasteiger charge is -1.87. The highest BCUT2D eigenvalue weighted by Crippen LogP contribution is 2.10. The van der Waals surface area contributed by atoms with Gasteiger partial charge >= 0.3 is 0 Å². The van der Waals surface area contributed by atoms with Crippen molar-refractivity contribution >= 4 is 15.9 Å². The highest BCUT2D eigenvalue weighted by Gasteiger charge is 1.83. The van der Waals surface area contributed by atoms with Gasteiger partial charge in [-0.15, -0.1) is 0 Å². The predicted molar refractivity (Wildman–Crippen MR) is 58.3 cm³/mol. The smallest absolute Gasteiger partial charge is 0.0135 e. The van der Waals surface area contributed by atoms with E-state index in [1.807, 2.05) is 0 Å². The Hall–Kier alpha value is -0.560. The van der Waals surface area contributed by atoms with Gasteiger partial charge in [0.25, 0.3) is 0 Å². The first-order valence-electron chi connectivity index (χ1n) is 4.23. The molecule has 1 aliphatic carbocycles. The van der Waals surface area contributed by atoms with Gasteiger partial charge in [0.2, 0.25) is 0 Å². The Labute approximate surface area is 82.5 Å². The van der Waals surface area contributed by atoms with Gasteiger partial charge in [-0.1, -0.05) is 58.5 Å². The van der Waals surface area contributed by atoms with E-state index in [4.69, 9.17) is 0 Å². The van der Waals surface area contributed by atoms with Crippen LogP contribution in [0.2, 0.25) is 0 Å². The minimum Gasteiger partial charge on any atom is -0.0842 e. The summed E-state index contributed by atoms with van der Waals surface area (Å²) >= 11 is 3.48. The molecule has 0 fully saturated rings. The fraction of sp³-hybridized carbons (Fsp3) is 0.273. The Balaban J connectivity index is 2.58. The molecule has 0 saturated carbocycles. The average Bonchev–Trinajstić information content (AvgIpc) is 2.11. The summed E-state index contributed by atoms with van der Waals surface area (Å²) in [6.45, 7) is 0. The molecule has 12 heavy (non-hydrogen) atoms. The fourth-order valence-corrected chi connectivity index (χ4v) is 1.34. The van der Waals surface area contributed by atoms with E-state index < -0.39 is 0 Å². The van der Waals surface area contributed by atoms with E-state index in [9.17, 15) is 0 Å². The first kappa shape index (κ1) is 9.53. The molecule has 0 aromatic rings. The van der Waals surface area contributed by atoms with Crippen molar-refractivity contribution in [2.75, 3.05) is 0 Å². The van der Waals surface area contributed by atoms with E-state index in [2.05, 4.69) is 58.5 Å². The largest absolute Gasteiger partial charge is 0.0842 e. The van der Waals surface area contributed by atoms with Gasteiger partial charge in [0.1, 0.15) is 0 Å². The maximum absolute atomic E-state index is 3.48. The van der Waals surface area contributed by atoms with E-state index in [0.29, 0.717) is 0 Å². The Bertz CT molecular complexity index is 231. The van der Waals surface area contributed by atoms with E-state index in [0.717, 1.165) is 19.3 Å². The topological polar surface area (TPSA) is 0 Å². The van der Waals surface area contributed by atoms with Crippen molar-refractivity contribution in [3.05, 3.63) is 47.0 Å². The molecular weight excluding hydrogens is 212 g/mol. The molecule has 0 aromatic heterocycles. The number of allylic oxidation sites excluding steroid dienone is 8. The van der Waals surface area contributed by atoms with E-state index in [1.165, 1.54) is 4.48 Å². The summed E-state index contributed by atoms with van der Waals surface area (Å²) in [6, 6.07) is 0. The Morgan fingerprint density at radius 3 is 2.67 bits per heavy atom. The maximum Gasteiger partial charge on any atom is 0.0135 e. The van der Waals surface area contributed by atoms with Crippen LogP contribution in [0, 0.1) is 0 Å². The zero-order valence-electron chi connectivity index (χ0n) is 7.04. The molecule has 0 spiro atoms. The molecule has 0 nitrogen and oxygen atoms in total. The summed E-state index contributed by atoms with van der Waals surface area (Å²) < 4.78 is 1.18. The van der Waals surface area contributed by atoms with Gasteiger partial charge < -0.3 is 0 Å². The normalized spacial score (nSPS) is 23.9. The monoisotopic (exact) mass is 224 g/mol. The van der Waals surface area contributed by atoms with Gasteiger partial charge in [0.05, 0.1) is 0 Å². The van der Waals surface area contributed by atoms with Crippen molar-refractivity contribution in [3.63, 3.8) is 0 Å². The number of rotatable bonds is 0. The lowest BCUT2D eigenvalue weighted by Crippen LogP contribution is -1.65. The minimum atomic E-state index is 0.995. The molecule has 0 unspecified atom stereocenters. The first-order valence-corrected chi connectivity index (χ1v) is 5.03. The van der Waals surface area contributed by atoms with Crippen LogP contribution in [-0.2, 0) is 0 Å². The standard InChI is InChI=1S/C11H13Br/c12-11-9-7-5-3-1-2-4-6-8-10-11/h1-3,5,8-10H,4,6-7H2/b2-1-,5-3-,10-8?,11-9?. The van der Waals surface area contributed by atoms with Crippen LogP contribution in [-0.4, -0.2) is 0 Å². The molecule has 0 N–H and O–H groups in total. The second kappa shape index (κ2) is 6.01. The van der Waals surface area contributed by atoms with Gasteiger partial charge in [0.15, 0.2) is 0 Å². The van der Waals surface area contributed by atoms with Gasteiger partial charge in [0, 0.05) is 4.48 Å². The van der Waals surface area contributed by atoms with Crippen LogP contribution in [0.5, 0.6) is 0 Å². The number of hydrogen-bond acceptors (Lipinski definition) is 0. The van der Waals surface area contributed by atoms with Gasteiger partial charge in [-0.2, -0.15) is 0 Å². The van der Waals surface area contributed by atoms with Crippen molar-refractivity contribution in [2.24, 2.45) is 0 Å². The molecule has 0 atom stereocenters. The van der Waals surface area contributed by atoms with Crippen LogP contribution < -0.4 is 0 Å². The summed E-state index contributed by atoms with van der Waals surface area (Å²) in [5.41, 5.74) is 0. The van der Waals surface area contributed by atoms with Crippen molar-refractivity contribution < 1.29 is 0 Å². The molecule has 1 heteroatoms. The summed E-state index contributed by atoms with van der Waals surface area (Å²) in [7, 11) is 0. The molecular formula is C11H13Br. The van der Waals surface area contributed by atoms with Crippen LogP contribution >= 0.6 is 15.9 Å². The molecule has 0 heterocycles. The quantitative estimate of drug-likeness (QED) is 0.581. The second-order valence-electron chi connectivity index (χ2n) is 2.66. The zero-order chi connectivity index (χ0) is 8.65. The Kier molecular flexibility index (Phi) is 4.77. The molecule has 0 amide bonds. The van der Waals surface area contributed by atoms with Crippen LogP contribution in [0.1, 0.15) is 19.3 Å². The highest BCUT2D eigenvalue weighted by molar-refractivity contribution is 9.11. The average molecular weight is 225 g/mol. The maximum atomic E-state index is 3.48. The summed E-state index contributed by atoms with van der Waals surface area (Å²) in [6.07, 6.45) is 18.3. The van der Waals surface area contributed by atoms with Gasteiger partial charge in [-0.3, -0.25) is 0 Å². The lowest BCUT2D eigenvalue weighted by molar-refractivity contribution is 1.05. The number of hydrogen-bond donors (Lipinski definition) is 0. The van der Waals surface area contributed by atoms with Crippen LogP contribution in [0.4, 0.5) is 0 Å². The summed E-state index contributed by atoms with van der Waals surface area (Å²) in [4.78, 5) is 0. The van der Waals surface area contributed by atoms with E-state index in [1.54, 1.807) is 0 Å². The SMILES string of the molecule is BrC1=CC/C=C\C=C/CCC=C1. The molecule has 0 radical (unpaired) electrons. The van der Waals surface area contributed by atoms with Crippen LogP contribution in [0.15, 0.2) is 47.0 Å². The molecule has 0 aliphatic heterocycles. The molecule has 64 valence electrons. The molecule has 1 aliphatic rings. The van der Waals surface area contributed by atoms with E-state index >= 15 is 0 Å². The predicted octanol–water partition coefficient (Wildman–Crippen LogP) is 4.12. The minimum absolute atomic E-state index is 0.995. The van der Waals surface area contributed by atoms with Crippen molar-refractivity contribution in [1.29, 1.82) is 0 Å². The van der Waals surface area contributed by atoms with Crippen molar-refractivity contribution in [2.45, 2.75) is 19.3 Å². The third kappa shape index (κ3) is 4.35. The fourth-order valence-electron chi connectivity index (χ4n) is 0.969. The first-order chi connectivity index (χ1) is 5.89. The summed E-state index contributed by atoms with van der Waals surface area (Å²) in [5.74, 6) is 0. The van der Waals surface area contributed by atoms with E-state index in [-0.39, 0.29) is 0 Å². The van der Waals surface area contributed by atoms with Crippen LogP contribution in [0.25, 0.3) is 0 Å². The lowest BCUT2D eigenvalue weighted by atomic mass is 10.2. The number of halogens is 1. The second-order valence-corrected chi connectivity index (χ2v) is 3.58. The summed E-state index contributed by atoms with van der Waals surface area (Å²) in [5, 5.41) is 0. The third-order valence-corrected chi connectivity index (χ3v) is 2.20. The Morgan fingerprint density at radius 2 is 1.75 bits per heavy atom. The van der Waals surface area contributed by atoms with Gasteiger partial charge in [-0.25, -0.2) is 0 Å². The Morgan fingerprint density at radius 1 is 1.00 bits per heavy atom. The molecule has 0 bridgehead atoms. The molecule has 0 aromatic carbocycles. The van der Waals surface area contributed by atoms with Crippen molar-refractivity contribution in [3.8, 4) is 0 Å². The van der Waals surface area contributed by atoms with Gasteiger partial charge in [-0.05, 0) is 19.3 Å². The zero-order valence-corrected chi connectivity index (χ0v) is 8.63. The van der Waals surface area contributed by atoms with Crippen molar-refractivity contribution in [1.82, 2.24) is 0 Å². The molecule has 1 rings (SSSR count). The molecule has 0 saturated heterocycles.